The van der Waals surface area contributed by atoms with Crippen molar-refractivity contribution >= 4 is 5.97 Å². The van der Waals surface area contributed by atoms with Crippen LogP contribution < -0.4 is 4.74 Å². The lowest BCUT2D eigenvalue weighted by molar-refractivity contribution is -0.142. The van der Waals surface area contributed by atoms with Crippen LogP contribution >= 0.6 is 0 Å². The first-order valence-corrected chi connectivity index (χ1v) is 12.0. The number of aliphatic carboxylic acids is 1. The summed E-state index contributed by atoms with van der Waals surface area (Å²) in [4.78, 5) is 10.7. The summed E-state index contributed by atoms with van der Waals surface area (Å²) in [5, 5.41) is 13.6. The summed E-state index contributed by atoms with van der Waals surface area (Å²) in [6, 6.07) is 13.5. The highest BCUT2D eigenvalue weighted by atomic mass is 19.2. The van der Waals surface area contributed by atoms with E-state index in [1.165, 1.54) is 6.07 Å². The van der Waals surface area contributed by atoms with Crippen molar-refractivity contribution < 1.29 is 28.2 Å². The third-order valence-corrected chi connectivity index (χ3v) is 6.42. The number of rotatable bonds is 10. The van der Waals surface area contributed by atoms with E-state index in [1.807, 2.05) is 41.9 Å². The van der Waals surface area contributed by atoms with Crippen molar-refractivity contribution in [1.82, 2.24) is 9.78 Å². The van der Waals surface area contributed by atoms with Crippen LogP contribution in [0, 0.1) is 23.5 Å². The molecule has 0 atom stereocenters. The molecule has 0 radical (unpaired) electrons. The second-order valence-electron chi connectivity index (χ2n) is 8.93. The molecule has 4 rings (SSSR count). The molecule has 0 spiro atoms. The number of hydrogen-bond acceptors (Lipinski definition) is 4. The van der Waals surface area contributed by atoms with Crippen LogP contribution in [0.5, 0.6) is 5.88 Å². The fourth-order valence-electron chi connectivity index (χ4n) is 4.70. The van der Waals surface area contributed by atoms with E-state index in [0.29, 0.717) is 54.3 Å². The van der Waals surface area contributed by atoms with Crippen molar-refractivity contribution in [2.24, 2.45) is 11.8 Å². The minimum Gasteiger partial charge on any atom is -0.480 e. The normalized spacial score (nSPS) is 17.9. The molecule has 3 aromatic rings. The Morgan fingerprint density at radius 2 is 1.74 bits per heavy atom. The lowest BCUT2D eigenvalue weighted by Crippen LogP contribution is -2.23. The zero-order valence-electron chi connectivity index (χ0n) is 19.8. The Kier molecular flexibility index (Phi) is 8.13. The number of ether oxygens (including phenoxy) is 2. The SMILES string of the molecule is CCOc1c(-c2ccc(F)c(F)c2)c(-c2ccccc2)nn1CC1CCC(COCC(=O)O)CC1. The van der Waals surface area contributed by atoms with Gasteiger partial charge >= 0.3 is 5.97 Å². The molecule has 1 aromatic heterocycles. The second-order valence-corrected chi connectivity index (χ2v) is 8.93. The fourth-order valence-corrected chi connectivity index (χ4v) is 4.70. The van der Waals surface area contributed by atoms with Gasteiger partial charge in [-0.05, 0) is 62.1 Å². The third-order valence-electron chi connectivity index (χ3n) is 6.42. The molecule has 2 aromatic carbocycles. The summed E-state index contributed by atoms with van der Waals surface area (Å²) in [5.41, 5.74) is 2.69. The van der Waals surface area contributed by atoms with Crippen LogP contribution in [-0.4, -0.2) is 40.7 Å². The number of nitrogens with zero attached hydrogens (tertiary/aromatic N) is 2. The van der Waals surface area contributed by atoms with Gasteiger partial charge in [-0.25, -0.2) is 18.3 Å². The summed E-state index contributed by atoms with van der Waals surface area (Å²) in [6.07, 6.45) is 3.84. The summed E-state index contributed by atoms with van der Waals surface area (Å²) < 4.78 is 41.0. The molecule has 1 fully saturated rings. The van der Waals surface area contributed by atoms with Gasteiger partial charge in [-0.15, -0.1) is 0 Å². The van der Waals surface area contributed by atoms with Crippen LogP contribution in [0.3, 0.4) is 0 Å². The number of halogens is 2. The van der Waals surface area contributed by atoms with Crippen molar-refractivity contribution in [3.8, 4) is 28.3 Å². The highest BCUT2D eigenvalue weighted by molar-refractivity contribution is 5.84. The summed E-state index contributed by atoms with van der Waals surface area (Å²) in [7, 11) is 0. The number of carboxylic acid groups (broad SMARTS) is 1. The van der Waals surface area contributed by atoms with E-state index in [4.69, 9.17) is 19.7 Å². The number of benzene rings is 2. The summed E-state index contributed by atoms with van der Waals surface area (Å²) in [5.74, 6) is -1.50. The zero-order chi connectivity index (χ0) is 24.8. The van der Waals surface area contributed by atoms with Crippen molar-refractivity contribution in [3.63, 3.8) is 0 Å². The molecule has 186 valence electrons. The van der Waals surface area contributed by atoms with Crippen LogP contribution in [-0.2, 0) is 16.1 Å². The zero-order valence-corrected chi connectivity index (χ0v) is 19.8. The molecule has 0 bridgehead atoms. The summed E-state index contributed by atoms with van der Waals surface area (Å²) >= 11 is 0. The van der Waals surface area contributed by atoms with Gasteiger partial charge in [0.2, 0.25) is 5.88 Å². The molecule has 1 saturated carbocycles. The van der Waals surface area contributed by atoms with Gasteiger partial charge in [0.1, 0.15) is 12.3 Å². The average Bonchev–Trinajstić information content (AvgIpc) is 3.20. The lowest BCUT2D eigenvalue weighted by atomic mass is 9.82. The van der Waals surface area contributed by atoms with Crippen LogP contribution in [0.15, 0.2) is 48.5 Å². The molecule has 35 heavy (non-hydrogen) atoms. The van der Waals surface area contributed by atoms with Gasteiger partial charge in [0, 0.05) is 12.1 Å². The molecule has 1 N–H and O–H groups in total. The fraction of sp³-hybridized carbons (Fsp3) is 0.407. The van der Waals surface area contributed by atoms with Gasteiger partial charge in [-0.3, -0.25) is 0 Å². The molecular formula is C27H30F2N2O4. The maximum absolute atomic E-state index is 14.2. The van der Waals surface area contributed by atoms with Crippen molar-refractivity contribution in [2.45, 2.75) is 39.2 Å². The van der Waals surface area contributed by atoms with E-state index in [9.17, 15) is 13.6 Å². The monoisotopic (exact) mass is 484 g/mol. The Bertz CT molecular complexity index is 1140. The number of aromatic nitrogens is 2. The van der Waals surface area contributed by atoms with Crippen LogP contribution in [0.25, 0.3) is 22.4 Å². The molecule has 0 amide bonds. The van der Waals surface area contributed by atoms with Crippen molar-refractivity contribution in [2.75, 3.05) is 19.8 Å². The Hall–Kier alpha value is -3.26. The Morgan fingerprint density at radius 3 is 2.40 bits per heavy atom. The van der Waals surface area contributed by atoms with E-state index in [-0.39, 0.29) is 6.61 Å². The molecule has 6 nitrogen and oxygen atoms in total. The first-order chi connectivity index (χ1) is 17.0. The predicted molar refractivity (Wildman–Crippen MR) is 128 cm³/mol. The molecule has 0 aliphatic heterocycles. The number of hydrogen-bond donors (Lipinski definition) is 1. The Balaban J connectivity index is 1.61. The van der Waals surface area contributed by atoms with Crippen molar-refractivity contribution in [3.05, 3.63) is 60.2 Å². The number of carbonyl (C=O) groups is 1. The maximum Gasteiger partial charge on any atom is 0.329 e. The molecule has 0 unspecified atom stereocenters. The van der Waals surface area contributed by atoms with Gasteiger partial charge < -0.3 is 14.6 Å². The molecule has 1 aliphatic rings. The molecule has 0 saturated heterocycles. The topological polar surface area (TPSA) is 73.6 Å². The van der Waals surface area contributed by atoms with E-state index < -0.39 is 17.6 Å². The first kappa shape index (κ1) is 24.9. The van der Waals surface area contributed by atoms with Crippen molar-refractivity contribution in [1.29, 1.82) is 0 Å². The van der Waals surface area contributed by atoms with Gasteiger partial charge in [0.15, 0.2) is 11.6 Å². The van der Waals surface area contributed by atoms with E-state index in [0.717, 1.165) is 37.3 Å². The minimum absolute atomic E-state index is 0.264. The minimum atomic E-state index is -0.952. The smallest absolute Gasteiger partial charge is 0.329 e. The highest BCUT2D eigenvalue weighted by Gasteiger charge is 2.27. The van der Waals surface area contributed by atoms with Crippen LogP contribution in [0.1, 0.15) is 32.6 Å². The van der Waals surface area contributed by atoms with E-state index >= 15 is 0 Å². The molecule has 1 aliphatic carbocycles. The standard InChI is InChI=1S/C27H30F2N2O4/c1-2-35-27-25(21-12-13-22(28)23(29)14-21)26(20-6-4-3-5-7-20)30-31(27)15-18-8-10-19(11-9-18)16-34-17-24(32)33/h3-7,12-14,18-19H,2,8-11,15-17H2,1H3,(H,32,33). The third kappa shape index (κ3) is 6.06. The van der Waals surface area contributed by atoms with Crippen LogP contribution in [0.2, 0.25) is 0 Å². The maximum atomic E-state index is 14.2. The first-order valence-electron chi connectivity index (χ1n) is 12.0. The molecule has 8 heteroatoms. The number of carboxylic acids is 1. The molecule has 1 heterocycles. The van der Waals surface area contributed by atoms with Gasteiger partial charge in [0.05, 0.1) is 18.8 Å². The van der Waals surface area contributed by atoms with Gasteiger partial charge in [0.25, 0.3) is 0 Å². The van der Waals surface area contributed by atoms with Gasteiger partial charge in [-0.2, -0.15) is 5.10 Å². The van der Waals surface area contributed by atoms with Crippen LogP contribution in [0.4, 0.5) is 8.78 Å². The van der Waals surface area contributed by atoms with E-state index in [2.05, 4.69) is 0 Å². The second kappa shape index (κ2) is 11.4. The molecular weight excluding hydrogens is 454 g/mol. The lowest BCUT2D eigenvalue weighted by Gasteiger charge is -2.28. The Labute approximate surface area is 203 Å². The largest absolute Gasteiger partial charge is 0.480 e. The Morgan fingerprint density at radius 1 is 1.03 bits per heavy atom. The summed E-state index contributed by atoms with van der Waals surface area (Å²) in [6.45, 7) is 3.13. The average molecular weight is 485 g/mol. The predicted octanol–water partition coefficient (Wildman–Crippen LogP) is 5.80. The quantitative estimate of drug-likeness (QED) is 0.394. The van der Waals surface area contributed by atoms with Gasteiger partial charge in [-0.1, -0.05) is 36.4 Å². The van der Waals surface area contributed by atoms with E-state index in [1.54, 1.807) is 6.07 Å². The highest BCUT2D eigenvalue weighted by Crippen LogP contribution is 2.41.